The summed E-state index contributed by atoms with van der Waals surface area (Å²) < 4.78 is 0. The molecule has 0 unspecified atom stereocenters. The standard InChI is InChI=1S/C15H20N2O2/c1-12(2)15(19)17-11-10-16-14(18)9-8-13-6-4-3-5-7-13/h3-9,12H,10-11H2,1-2H3,(H,16,18)(H,17,19). The predicted molar refractivity (Wildman–Crippen MR) is 76.3 cm³/mol. The molecule has 0 aliphatic carbocycles. The van der Waals surface area contributed by atoms with Crippen molar-refractivity contribution in [3.8, 4) is 0 Å². The number of rotatable bonds is 6. The molecule has 1 aromatic rings. The van der Waals surface area contributed by atoms with Crippen LogP contribution in [0.1, 0.15) is 19.4 Å². The van der Waals surface area contributed by atoms with E-state index in [1.54, 1.807) is 6.08 Å². The van der Waals surface area contributed by atoms with Crippen LogP contribution in [0.15, 0.2) is 36.4 Å². The van der Waals surface area contributed by atoms with Gasteiger partial charge in [-0.3, -0.25) is 9.59 Å². The van der Waals surface area contributed by atoms with Crippen LogP contribution in [0.25, 0.3) is 6.08 Å². The van der Waals surface area contributed by atoms with Crippen molar-refractivity contribution in [2.75, 3.05) is 13.1 Å². The molecule has 1 aromatic carbocycles. The molecule has 0 saturated heterocycles. The van der Waals surface area contributed by atoms with Gasteiger partial charge in [-0.25, -0.2) is 0 Å². The van der Waals surface area contributed by atoms with E-state index in [0.717, 1.165) is 5.56 Å². The van der Waals surface area contributed by atoms with E-state index in [0.29, 0.717) is 13.1 Å². The van der Waals surface area contributed by atoms with Crippen LogP contribution >= 0.6 is 0 Å². The highest BCUT2D eigenvalue weighted by atomic mass is 16.2. The van der Waals surface area contributed by atoms with E-state index in [1.165, 1.54) is 6.08 Å². The molecule has 102 valence electrons. The van der Waals surface area contributed by atoms with Gasteiger partial charge in [0.2, 0.25) is 11.8 Å². The number of benzene rings is 1. The van der Waals surface area contributed by atoms with Crippen molar-refractivity contribution < 1.29 is 9.59 Å². The highest BCUT2D eigenvalue weighted by Crippen LogP contribution is 2.00. The first kappa shape index (κ1) is 15.0. The van der Waals surface area contributed by atoms with Gasteiger partial charge in [0, 0.05) is 25.1 Å². The quantitative estimate of drug-likeness (QED) is 0.603. The van der Waals surface area contributed by atoms with Crippen LogP contribution in [0.2, 0.25) is 0 Å². The number of hydrogen-bond donors (Lipinski definition) is 2. The van der Waals surface area contributed by atoms with Crippen molar-refractivity contribution in [3.05, 3.63) is 42.0 Å². The van der Waals surface area contributed by atoms with Gasteiger partial charge in [0.1, 0.15) is 0 Å². The monoisotopic (exact) mass is 260 g/mol. The highest BCUT2D eigenvalue weighted by Gasteiger charge is 2.04. The number of carbonyl (C=O) groups is 2. The Bertz CT molecular complexity index is 439. The normalized spacial score (nSPS) is 10.7. The van der Waals surface area contributed by atoms with Gasteiger partial charge < -0.3 is 10.6 Å². The van der Waals surface area contributed by atoms with Crippen LogP contribution < -0.4 is 10.6 Å². The zero-order valence-corrected chi connectivity index (χ0v) is 11.3. The number of nitrogens with one attached hydrogen (secondary N) is 2. The van der Waals surface area contributed by atoms with Crippen LogP contribution in [-0.2, 0) is 9.59 Å². The third-order valence-corrected chi connectivity index (χ3v) is 2.47. The summed E-state index contributed by atoms with van der Waals surface area (Å²) in [6.07, 6.45) is 3.24. The summed E-state index contributed by atoms with van der Waals surface area (Å²) in [6, 6.07) is 9.60. The summed E-state index contributed by atoms with van der Waals surface area (Å²) in [5, 5.41) is 5.44. The fourth-order valence-electron chi connectivity index (χ4n) is 1.37. The second kappa shape index (κ2) is 8.08. The van der Waals surface area contributed by atoms with Crippen molar-refractivity contribution in [1.29, 1.82) is 0 Å². The smallest absolute Gasteiger partial charge is 0.244 e. The third-order valence-electron chi connectivity index (χ3n) is 2.47. The molecule has 0 aliphatic rings. The van der Waals surface area contributed by atoms with Crippen LogP contribution in [0.3, 0.4) is 0 Å². The summed E-state index contributed by atoms with van der Waals surface area (Å²) in [6.45, 7) is 4.53. The van der Waals surface area contributed by atoms with E-state index < -0.39 is 0 Å². The average Bonchev–Trinajstić information content (AvgIpc) is 2.42. The summed E-state index contributed by atoms with van der Waals surface area (Å²) in [5.41, 5.74) is 0.978. The molecule has 0 atom stereocenters. The molecule has 1 rings (SSSR count). The van der Waals surface area contributed by atoms with E-state index in [9.17, 15) is 9.59 Å². The van der Waals surface area contributed by atoms with Crippen molar-refractivity contribution in [2.24, 2.45) is 5.92 Å². The predicted octanol–water partition coefficient (Wildman–Crippen LogP) is 1.59. The zero-order valence-electron chi connectivity index (χ0n) is 11.3. The lowest BCUT2D eigenvalue weighted by Gasteiger charge is -2.07. The van der Waals surface area contributed by atoms with Crippen LogP contribution in [-0.4, -0.2) is 24.9 Å². The Morgan fingerprint density at radius 2 is 1.74 bits per heavy atom. The van der Waals surface area contributed by atoms with Crippen molar-refractivity contribution in [2.45, 2.75) is 13.8 Å². The second-order valence-electron chi connectivity index (χ2n) is 4.48. The van der Waals surface area contributed by atoms with E-state index >= 15 is 0 Å². The molecule has 0 bridgehead atoms. The maximum atomic E-state index is 11.5. The first-order valence-electron chi connectivity index (χ1n) is 6.38. The summed E-state index contributed by atoms with van der Waals surface area (Å²) in [4.78, 5) is 22.7. The molecule has 0 spiro atoms. The van der Waals surface area contributed by atoms with E-state index in [4.69, 9.17) is 0 Å². The first-order valence-corrected chi connectivity index (χ1v) is 6.38. The first-order chi connectivity index (χ1) is 9.09. The maximum absolute atomic E-state index is 11.5. The molecule has 0 radical (unpaired) electrons. The Morgan fingerprint density at radius 1 is 1.11 bits per heavy atom. The molecule has 4 nitrogen and oxygen atoms in total. The van der Waals surface area contributed by atoms with Crippen molar-refractivity contribution >= 4 is 17.9 Å². The fourth-order valence-corrected chi connectivity index (χ4v) is 1.37. The molecular formula is C15H20N2O2. The van der Waals surface area contributed by atoms with Crippen LogP contribution in [0, 0.1) is 5.92 Å². The second-order valence-corrected chi connectivity index (χ2v) is 4.48. The Labute approximate surface area is 113 Å². The molecule has 0 fully saturated rings. The van der Waals surface area contributed by atoms with Gasteiger partial charge in [-0.15, -0.1) is 0 Å². The molecule has 0 aliphatic heterocycles. The van der Waals surface area contributed by atoms with E-state index in [2.05, 4.69) is 10.6 Å². The molecule has 0 heterocycles. The largest absolute Gasteiger partial charge is 0.354 e. The van der Waals surface area contributed by atoms with Gasteiger partial charge in [-0.1, -0.05) is 44.2 Å². The minimum absolute atomic E-state index is 0.00548. The molecule has 4 heteroatoms. The third kappa shape index (κ3) is 6.41. The lowest BCUT2D eigenvalue weighted by atomic mass is 10.2. The molecule has 2 amide bonds. The topological polar surface area (TPSA) is 58.2 Å². The Kier molecular flexibility index (Phi) is 6.36. The SMILES string of the molecule is CC(C)C(=O)NCCNC(=O)C=Cc1ccccc1. The number of hydrogen-bond acceptors (Lipinski definition) is 2. The Hall–Kier alpha value is -2.10. The van der Waals surface area contributed by atoms with Crippen molar-refractivity contribution in [3.63, 3.8) is 0 Å². The van der Waals surface area contributed by atoms with Crippen LogP contribution in [0.4, 0.5) is 0 Å². The van der Waals surface area contributed by atoms with Gasteiger partial charge in [0.05, 0.1) is 0 Å². The molecule has 0 aromatic heterocycles. The fraction of sp³-hybridized carbons (Fsp3) is 0.333. The minimum Gasteiger partial charge on any atom is -0.354 e. The van der Waals surface area contributed by atoms with Gasteiger partial charge in [0.25, 0.3) is 0 Å². The summed E-state index contributed by atoms with van der Waals surface area (Å²) in [5.74, 6) is -0.203. The lowest BCUT2D eigenvalue weighted by Crippen LogP contribution is -2.35. The van der Waals surface area contributed by atoms with Gasteiger partial charge in [0.15, 0.2) is 0 Å². The zero-order chi connectivity index (χ0) is 14.1. The summed E-state index contributed by atoms with van der Waals surface area (Å²) in [7, 11) is 0. The number of amides is 2. The average molecular weight is 260 g/mol. The Morgan fingerprint density at radius 3 is 2.37 bits per heavy atom. The van der Waals surface area contributed by atoms with Gasteiger partial charge in [-0.05, 0) is 11.6 Å². The minimum atomic E-state index is -0.164. The van der Waals surface area contributed by atoms with E-state index in [1.807, 2.05) is 44.2 Å². The van der Waals surface area contributed by atoms with Gasteiger partial charge in [-0.2, -0.15) is 0 Å². The molecule has 0 saturated carbocycles. The van der Waals surface area contributed by atoms with E-state index in [-0.39, 0.29) is 17.7 Å². The van der Waals surface area contributed by atoms with Crippen molar-refractivity contribution in [1.82, 2.24) is 10.6 Å². The van der Waals surface area contributed by atoms with Crippen LogP contribution in [0.5, 0.6) is 0 Å². The molecule has 19 heavy (non-hydrogen) atoms. The maximum Gasteiger partial charge on any atom is 0.244 e. The molecular weight excluding hydrogens is 240 g/mol. The number of carbonyl (C=O) groups excluding carboxylic acids is 2. The van der Waals surface area contributed by atoms with Gasteiger partial charge >= 0.3 is 0 Å². The Balaban J connectivity index is 2.22. The molecule has 2 N–H and O–H groups in total. The highest BCUT2D eigenvalue weighted by molar-refractivity contribution is 5.91. The summed E-state index contributed by atoms with van der Waals surface area (Å²) >= 11 is 0. The lowest BCUT2D eigenvalue weighted by molar-refractivity contribution is -0.124.